The van der Waals surface area contributed by atoms with E-state index in [0.717, 1.165) is 25.6 Å². The zero-order chi connectivity index (χ0) is 13.1. The summed E-state index contributed by atoms with van der Waals surface area (Å²) < 4.78 is 0. The van der Waals surface area contributed by atoms with Gasteiger partial charge in [-0.25, -0.2) is 0 Å². The zero-order valence-electron chi connectivity index (χ0n) is 12.4. The smallest absolute Gasteiger partial charge is 0.0689 e. The van der Waals surface area contributed by atoms with Gasteiger partial charge in [-0.05, 0) is 49.6 Å². The van der Waals surface area contributed by atoms with Crippen molar-refractivity contribution in [1.29, 1.82) is 0 Å². The minimum Gasteiger partial charge on any atom is -0.392 e. The molecule has 0 aromatic carbocycles. The number of β-amino-alcohol motifs (C(OH)–C–C–N with tert-alkyl or cyclic N) is 1. The number of hydrogen-bond donors (Lipinski definition) is 1. The van der Waals surface area contributed by atoms with Gasteiger partial charge < -0.3 is 10.0 Å². The normalized spacial score (nSPS) is 25.9. The SMILES string of the molecule is CC(C)C(O)CN1CCCC(C(C)(C)C)CC1. The Morgan fingerprint density at radius 3 is 2.35 bits per heavy atom. The molecule has 0 bridgehead atoms. The number of hydrogen-bond acceptors (Lipinski definition) is 2. The van der Waals surface area contributed by atoms with Crippen LogP contribution in [0.3, 0.4) is 0 Å². The lowest BCUT2D eigenvalue weighted by Gasteiger charge is -2.30. The molecule has 1 rings (SSSR count). The van der Waals surface area contributed by atoms with Gasteiger partial charge in [-0.2, -0.15) is 0 Å². The van der Waals surface area contributed by atoms with E-state index in [2.05, 4.69) is 39.5 Å². The molecule has 1 heterocycles. The molecule has 1 aliphatic heterocycles. The van der Waals surface area contributed by atoms with Gasteiger partial charge in [0.25, 0.3) is 0 Å². The molecular weight excluding hydrogens is 210 g/mol. The first kappa shape index (κ1) is 15.0. The third kappa shape index (κ3) is 4.97. The van der Waals surface area contributed by atoms with Crippen LogP contribution in [-0.4, -0.2) is 35.7 Å². The first-order valence-electron chi connectivity index (χ1n) is 7.21. The minimum atomic E-state index is -0.166. The largest absolute Gasteiger partial charge is 0.392 e. The Balaban J connectivity index is 2.43. The number of rotatable bonds is 3. The number of aliphatic hydroxyl groups is 1. The summed E-state index contributed by atoms with van der Waals surface area (Å²) in [5.74, 6) is 1.21. The molecule has 0 aromatic heterocycles. The molecule has 1 N–H and O–H groups in total. The van der Waals surface area contributed by atoms with Crippen molar-refractivity contribution in [1.82, 2.24) is 4.90 Å². The molecule has 2 nitrogen and oxygen atoms in total. The van der Waals surface area contributed by atoms with Gasteiger partial charge in [0.2, 0.25) is 0 Å². The van der Waals surface area contributed by atoms with Crippen molar-refractivity contribution in [3.63, 3.8) is 0 Å². The van der Waals surface area contributed by atoms with E-state index in [1.165, 1.54) is 19.3 Å². The Bertz CT molecular complexity index is 219. The van der Waals surface area contributed by atoms with Crippen LogP contribution in [0.25, 0.3) is 0 Å². The van der Waals surface area contributed by atoms with Gasteiger partial charge in [0.05, 0.1) is 6.10 Å². The topological polar surface area (TPSA) is 23.5 Å². The number of aliphatic hydroxyl groups excluding tert-OH is 1. The molecule has 2 atom stereocenters. The minimum absolute atomic E-state index is 0.166. The average Bonchev–Trinajstić information content (AvgIpc) is 2.42. The van der Waals surface area contributed by atoms with Crippen molar-refractivity contribution < 1.29 is 5.11 Å². The van der Waals surface area contributed by atoms with E-state index in [9.17, 15) is 5.11 Å². The highest BCUT2D eigenvalue weighted by molar-refractivity contribution is 4.79. The molecule has 0 radical (unpaired) electrons. The summed E-state index contributed by atoms with van der Waals surface area (Å²) in [5.41, 5.74) is 0.437. The average molecular weight is 241 g/mol. The summed E-state index contributed by atoms with van der Waals surface area (Å²) in [6, 6.07) is 0. The maximum absolute atomic E-state index is 9.95. The zero-order valence-corrected chi connectivity index (χ0v) is 12.4. The summed E-state index contributed by atoms with van der Waals surface area (Å²) in [4.78, 5) is 2.45. The maximum Gasteiger partial charge on any atom is 0.0689 e. The van der Waals surface area contributed by atoms with Crippen molar-refractivity contribution in [3.05, 3.63) is 0 Å². The van der Waals surface area contributed by atoms with Crippen LogP contribution in [0.5, 0.6) is 0 Å². The summed E-state index contributed by atoms with van der Waals surface area (Å²) in [6.07, 6.45) is 3.75. The summed E-state index contributed by atoms with van der Waals surface area (Å²) >= 11 is 0. The second kappa shape index (κ2) is 6.19. The summed E-state index contributed by atoms with van der Waals surface area (Å²) in [6.45, 7) is 14.4. The highest BCUT2D eigenvalue weighted by atomic mass is 16.3. The molecule has 1 fully saturated rings. The predicted octanol–water partition coefficient (Wildman–Crippen LogP) is 3.15. The predicted molar refractivity (Wildman–Crippen MR) is 74.1 cm³/mol. The maximum atomic E-state index is 9.95. The second-order valence-electron chi connectivity index (χ2n) is 7.11. The van der Waals surface area contributed by atoms with Gasteiger partial charge in [-0.1, -0.05) is 34.6 Å². The van der Waals surface area contributed by atoms with E-state index in [-0.39, 0.29) is 6.10 Å². The van der Waals surface area contributed by atoms with Crippen LogP contribution < -0.4 is 0 Å². The fourth-order valence-corrected chi connectivity index (χ4v) is 2.68. The Hall–Kier alpha value is -0.0800. The molecular formula is C15H31NO. The fraction of sp³-hybridized carbons (Fsp3) is 1.00. The van der Waals surface area contributed by atoms with Gasteiger partial charge in [0, 0.05) is 6.54 Å². The Kier molecular flexibility index (Phi) is 5.46. The van der Waals surface area contributed by atoms with E-state index in [1.807, 2.05) is 0 Å². The fourth-order valence-electron chi connectivity index (χ4n) is 2.68. The van der Waals surface area contributed by atoms with Crippen molar-refractivity contribution in [2.75, 3.05) is 19.6 Å². The Morgan fingerprint density at radius 2 is 1.82 bits per heavy atom. The van der Waals surface area contributed by atoms with E-state index in [1.54, 1.807) is 0 Å². The van der Waals surface area contributed by atoms with Crippen molar-refractivity contribution in [2.24, 2.45) is 17.3 Å². The first-order chi connectivity index (χ1) is 7.80. The van der Waals surface area contributed by atoms with E-state index < -0.39 is 0 Å². The van der Waals surface area contributed by atoms with E-state index in [0.29, 0.717) is 11.3 Å². The van der Waals surface area contributed by atoms with Crippen molar-refractivity contribution in [2.45, 2.75) is 60.0 Å². The lowest BCUT2D eigenvalue weighted by atomic mass is 9.77. The molecule has 0 amide bonds. The molecule has 0 aliphatic carbocycles. The van der Waals surface area contributed by atoms with Crippen molar-refractivity contribution >= 4 is 0 Å². The first-order valence-corrected chi connectivity index (χ1v) is 7.21. The Morgan fingerprint density at radius 1 is 1.18 bits per heavy atom. The van der Waals surface area contributed by atoms with Crippen LogP contribution in [0.1, 0.15) is 53.9 Å². The third-order valence-electron chi connectivity index (χ3n) is 4.26. The molecule has 2 heteroatoms. The Labute approximate surface area is 107 Å². The molecule has 0 saturated carbocycles. The molecule has 0 spiro atoms. The molecule has 0 aromatic rings. The highest BCUT2D eigenvalue weighted by Crippen LogP contribution is 2.34. The standard InChI is InChI=1S/C15H31NO/c1-12(2)14(17)11-16-9-6-7-13(8-10-16)15(3,4)5/h12-14,17H,6-11H2,1-5H3. The molecule has 102 valence electrons. The van der Waals surface area contributed by atoms with E-state index in [4.69, 9.17) is 0 Å². The van der Waals surface area contributed by atoms with Gasteiger partial charge in [0.1, 0.15) is 0 Å². The lowest BCUT2D eigenvalue weighted by Crippen LogP contribution is -2.36. The quantitative estimate of drug-likeness (QED) is 0.820. The van der Waals surface area contributed by atoms with Gasteiger partial charge in [-0.15, -0.1) is 0 Å². The van der Waals surface area contributed by atoms with Crippen LogP contribution in [0, 0.1) is 17.3 Å². The summed E-state index contributed by atoms with van der Waals surface area (Å²) in [7, 11) is 0. The van der Waals surface area contributed by atoms with E-state index >= 15 is 0 Å². The molecule has 1 saturated heterocycles. The van der Waals surface area contributed by atoms with Gasteiger partial charge >= 0.3 is 0 Å². The van der Waals surface area contributed by atoms with Crippen LogP contribution in [-0.2, 0) is 0 Å². The molecule has 2 unspecified atom stereocenters. The number of nitrogens with zero attached hydrogens (tertiary/aromatic N) is 1. The van der Waals surface area contributed by atoms with Crippen LogP contribution in [0.15, 0.2) is 0 Å². The molecule has 17 heavy (non-hydrogen) atoms. The van der Waals surface area contributed by atoms with Crippen molar-refractivity contribution in [3.8, 4) is 0 Å². The highest BCUT2D eigenvalue weighted by Gasteiger charge is 2.27. The van der Waals surface area contributed by atoms with Crippen LogP contribution in [0.2, 0.25) is 0 Å². The monoisotopic (exact) mass is 241 g/mol. The van der Waals surface area contributed by atoms with Gasteiger partial charge in [0.15, 0.2) is 0 Å². The second-order valence-corrected chi connectivity index (χ2v) is 7.11. The number of likely N-dealkylation sites (tertiary alicyclic amines) is 1. The third-order valence-corrected chi connectivity index (χ3v) is 4.26. The van der Waals surface area contributed by atoms with Gasteiger partial charge in [-0.3, -0.25) is 0 Å². The molecule has 1 aliphatic rings. The van der Waals surface area contributed by atoms with Crippen LogP contribution in [0.4, 0.5) is 0 Å². The lowest BCUT2D eigenvalue weighted by molar-refractivity contribution is 0.0762. The summed E-state index contributed by atoms with van der Waals surface area (Å²) in [5, 5.41) is 9.95. The van der Waals surface area contributed by atoms with Crippen LogP contribution >= 0.6 is 0 Å².